The second-order valence-electron chi connectivity index (χ2n) is 7.09. The number of amides is 1. The van der Waals surface area contributed by atoms with Crippen molar-refractivity contribution in [2.45, 2.75) is 25.6 Å². The fraction of sp³-hybridized carbons (Fsp3) is 0.368. The summed E-state index contributed by atoms with van der Waals surface area (Å²) in [5.74, 6) is -0.652. The van der Waals surface area contributed by atoms with Gasteiger partial charge in [0.2, 0.25) is 0 Å². The minimum Gasteiger partial charge on any atom is -0.536 e. The molecular weight excluding hydrogens is 421 g/mol. The molecule has 1 aliphatic heterocycles. The van der Waals surface area contributed by atoms with Crippen molar-refractivity contribution in [2.75, 3.05) is 25.4 Å². The molecule has 164 valence electrons. The van der Waals surface area contributed by atoms with Crippen molar-refractivity contribution in [3.63, 3.8) is 0 Å². The van der Waals surface area contributed by atoms with Gasteiger partial charge in [-0.25, -0.2) is 4.98 Å². The number of hydrogen-bond donors (Lipinski definition) is 4. The lowest BCUT2D eigenvalue weighted by molar-refractivity contribution is -0.125. The first-order chi connectivity index (χ1) is 14.9. The number of anilines is 1. The van der Waals surface area contributed by atoms with Gasteiger partial charge in [-0.1, -0.05) is 23.4 Å². The molecule has 0 bridgehead atoms. The van der Waals surface area contributed by atoms with Crippen LogP contribution in [-0.4, -0.2) is 54.2 Å². The predicted molar refractivity (Wildman–Crippen MR) is 118 cm³/mol. The molecule has 0 fully saturated rings. The Bertz CT molecular complexity index is 982. The van der Waals surface area contributed by atoms with Crippen LogP contribution in [0.2, 0.25) is 5.82 Å². The zero-order valence-corrected chi connectivity index (χ0v) is 17.9. The number of para-hydroxylation sites is 1. The van der Waals surface area contributed by atoms with Crippen LogP contribution in [0.4, 0.5) is 5.13 Å². The molecule has 12 heteroatoms. The topological polar surface area (TPSA) is 162 Å². The summed E-state index contributed by atoms with van der Waals surface area (Å²) in [5, 5.41) is 18.7. The lowest BCUT2D eigenvalue weighted by Gasteiger charge is -2.28. The van der Waals surface area contributed by atoms with Crippen molar-refractivity contribution in [1.29, 1.82) is 0 Å². The van der Waals surface area contributed by atoms with Crippen LogP contribution < -0.4 is 21.4 Å². The number of Topliss-reactive ketones (excluding diaryl/α,β-unsaturated/α-hetero) is 1. The molecule has 3 rings (SSSR count). The van der Waals surface area contributed by atoms with Crippen molar-refractivity contribution in [3.8, 4) is 5.75 Å². The summed E-state index contributed by atoms with van der Waals surface area (Å²) >= 11 is 1.15. The summed E-state index contributed by atoms with van der Waals surface area (Å²) in [6.45, 7) is 2.12. The van der Waals surface area contributed by atoms with E-state index >= 15 is 0 Å². The molecule has 0 saturated carbocycles. The van der Waals surface area contributed by atoms with Gasteiger partial charge in [0.25, 0.3) is 5.91 Å². The van der Waals surface area contributed by atoms with Crippen LogP contribution in [-0.2, 0) is 20.8 Å². The Labute approximate surface area is 183 Å². The quantitative estimate of drug-likeness (QED) is 0.243. The number of nitrogens with two attached hydrogens (primary N) is 2. The number of aromatic nitrogens is 1. The number of fused-ring (bicyclic) bond motifs is 1. The number of ketones is 1. The maximum Gasteiger partial charge on any atom is 0.526 e. The predicted octanol–water partition coefficient (Wildman–Crippen LogP) is 0.274. The van der Waals surface area contributed by atoms with Crippen LogP contribution in [0.5, 0.6) is 5.75 Å². The first kappa shape index (κ1) is 22.7. The number of carbonyl (C=O) groups is 2. The zero-order chi connectivity index (χ0) is 22.4. The van der Waals surface area contributed by atoms with Crippen LogP contribution in [0, 0.1) is 6.92 Å². The summed E-state index contributed by atoms with van der Waals surface area (Å²) in [6.07, 6.45) is 0.423. The second-order valence-corrected chi connectivity index (χ2v) is 7.98. The van der Waals surface area contributed by atoms with Crippen molar-refractivity contribution in [3.05, 3.63) is 40.4 Å². The third kappa shape index (κ3) is 5.81. The van der Waals surface area contributed by atoms with Crippen molar-refractivity contribution in [1.82, 2.24) is 10.3 Å². The molecule has 0 aliphatic carbocycles. The molecule has 2 aromatic rings. The van der Waals surface area contributed by atoms with Crippen molar-refractivity contribution in [2.24, 2.45) is 10.9 Å². The summed E-state index contributed by atoms with van der Waals surface area (Å²) in [6, 6.07) is 5.71. The average Bonchev–Trinajstić information content (AvgIpc) is 3.16. The number of thiazole rings is 1. The fourth-order valence-corrected chi connectivity index (χ4v) is 3.75. The van der Waals surface area contributed by atoms with E-state index in [2.05, 4.69) is 15.5 Å². The SMILES string of the molecule is Cc1cccc2c1OB(O)[C@@H](CC(=O)/C(=N\OCC(=O)NCCN)c1csc(N)n1)C2. The van der Waals surface area contributed by atoms with Crippen molar-refractivity contribution < 1.29 is 24.1 Å². The molecule has 2 heterocycles. The molecule has 1 aliphatic rings. The third-order valence-corrected chi connectivity index (χ3v) is 5.39. The molecule has 10 nitrogen and oxygen atoms in total. The molecular formula is C19H24BN5O5S. The van der Waals surface area contributed by atoms with E-state index in [0.717, 1.165) is 22.5 Å². The Morgan fingerprint density at radius 2 is 2.29 bits per heavy atom. The first-order valence-electron chi connectivity index (χ1n) is 9.73. The summed E-state index contributed by atoms with van der Waals surface area (Å²) in [5.41, 5.74) is 13.0. The van der Waals surface area contributed by atoms with Gasteiger partial charge in [-0.3, -0.25) is 9.59 Å². The van der Waals surface area contributed by atoms with E-state index < -0.39 is 24.6 Å². The molecule has 1 aromatic carbocycles. The number of nitrogen functional groups attached to an aromatic ring is 1. The Balaban J connectivity index is 1.72. The lowest BCUT2D eigenvalue weighted by atomic mass is 9.64. The highest BCUT2D eigenvalue weighted by molar-refractivity contribution is 7.13. The van der Waals surface area contributed by atoms with Gasteiger partial charge in [-0.2, -0.15) is 0 Å². The summed E-state index contributed by atoms with van der Waals surface area (Å²) < 4.78 is 5.65. The van der Waals surface area contributed by atoms with Gasteiger partial charge in [0, 0.05) is 30.7 Å². The van der Waals surface area contributed by atoms with E-state index in [4.69, 9.17) is 21.0 Å². The molecule has 0 saturated heterocycles. The number of oxime groups is 1. The van der Waals surface area contributed by atoms with Gasteiger partial charge in [-0.15, -0.1) is 11.3 Å². The minimum absolute atomic E-state index is 0.0481. The van der Waals surface area contributed by atoms with E-state index in [1.54, 1.807) is 5.38 Å². The van der Waals surface area contributed by atoms with Gasteiger partial charge >= 0.3 is 7.12 Å². The molecule has 0 spiro atoms. The molecule has 1 aromatic heterocycles. The van der Waals surface area contributed by atoms with E-state index in [1.807, 2.05) is 25.1 Å². The van der Waals surface area contributed by atoms with Gasteiger partial charge in [-0.05, 0) is 24.5 Å². The Kier molecular flexibility index (Phi) is 7.61. The summed E-state index contributed by atoms with van der Waals surface area (Å²) in [4.78, 5) is 33.9. The number of carbonyl (C=O) groups excluding carboxylic acids is 2. The van der Waals surface area contributed by atoms with Gasteiger partial charge in [0.15, 0.2) is 23.2 Å². The van der Waals surface area contributed by atoms with Gasteiger partial charge in [0.05, 0.1) is 0 Å². The van der Waals surface area contributed by atoms with Crippen LogP contribution in [0.25, 0.3) is 0 Å². The molecule has 0 unspecified atom stereocenters. The van der Waals surface area contributed by atoms with Gasteiger partial charge < -0.3 is 31.3 Å². The third-order valence-electron chi connectivity index (χ3n) is 4.71. The number of benzene rings is 1. The number of rotatable bonds is 9. The highest BCUT2D eigenvalue weighted by Gasteiger charge is 2.37. The van der Waals surface area contributed by atoms with E-state index in [9.17, 15) is 14.6 Å². The molecule has 31 heavy (non-hydrogen) atoms. The summed E-state index contributed by atoms with van der Waals surface area (Å²) in [7, 11) is -1.14. The second kappa shape index (κ2) is 10.4. The number of aryl methyl sites for hydroxylation is 1. The van der Waals surface area contributed by atoms with Gasteiger partial charge in [0.1, 0.15) is 11.4 Å². The minimum atomic E-state index is -1.14. The fourth-order valence-electron chi connectivity index (χ4n) is 3.21. The van der Waals surface area contributed by atoms with Crippen LogP contribution in [0.15, 0.2) is 28.7 Å². The molecule has 6 N–H and O–H groups in total. The highest BCUT2D eigenvalue weighted by atomic mass is 32.1. The van der Waals surface area contributed by atoms with E-state index in [0.29, 0.717) is 25.3 Å². The largest absolute Gasteiger partial charge is 0.536 e. The molecule has 1 amide bonds. The zero-order valence-electron chi connectivity index (χ0n) is 17.0. The van der Waals surface area contributed by atoms with E-state index in [-0.39, 0.29) is 29.6 Å². The van der Waals surface area contributed by atoms with Crippen LogP contribution >= 0.6 is 11.3 Å². The smallest absolute Gasteiger partial charge is 0.526 e. The Morgan fingerprint density at radius 1 is 1.48 bits per heavy atom. The Morgan fingerprint density at radius 3 is 3.00 bits per heavy atom. The molecule has 1 atom stereocenters. The standard InChI is InChI=1S/C19H24BN5O5S/c1-11-3-2-4-12-7-13(20(28)30-18(11)12)8-15(26)17(14-10-31-19(22)24-14)25-29-9-16(27)23-6-5-21/h2-4,10,13,28H,5-9,21H2,1H3,(H2,22,24)(H,23,27)/b25-17-/t13-/m1/s1. The monoisotopic (exact) mass is 445 g/mol. The normalized spacial score (nSPS) is 15.8. The lowest BCUT2D eigenvalue weighted by Crippen LogP contribution is -2.36. The van der Waals surface area contributed by atoms with Crippen molar-refractivity contribution >= 4 is 41.0 Å². The number of hydrogen-bond acceptors (Lipinski definition) is 10. The average molecular weight is 445 g/mol. The van der Waals surface area contributed by atoms with Crippen LogP contribution in [0.1, 0.15) is 23.2 Å². The van der Waals surface area contributed by atoms with Crippen LogP contribution in [0.3, 0.4) is 0 Å². The maximum atomic E-state index is 13.0. The highest BCUT2D eigenvalue weighted by Crippen LogP contribution is 2.36. The molecule has 0 radical (unpaired) electrons. The number of nitrogens with zero attached hydrogens (tertiary/aromatic N) is 2. The number of nitrogens with one attached hydrogen (secondary N) is 1. The first-order valence-corrected chi connectivity index (χ1v) is 10.6. The Hall–Kier alpha value is -2.96. The maximum absolute atomic E-state index is 13.0. The van der Waals surface area contributed by atoms with E-state index in [1.165, 1.54) is 0 Å².